The van der Waals surface area contributed by atoms with Gasteiger partial charge in [0.25, 0.3) is 0 Å². The van der Waals surface area contributed by atoms with Crippen LogP contribution in [-0.4, -0.2) is 5.97 Å². The molecule has 0 bridgehead atoms. The summed E-state index contributed by atoms with van der Waals surface area (Å²) in [5.41, 5.74) is 1.67. The number of esters is 1. The predicted octanol–water partition coefficient (Wildman–Crippen LogP) is 7.38. The van der Waals surface area contributed by atoms with Crippen molar-refractivity contribution in [1.29, 1.82) is 0 Å². The normalized spacial score (nSPS) is 10.6. The second-order valence-electron chi connectivity index (χ2n) is 6.31. The van der Waals surface area contributed by atoms with Gasteiger partial charge in [0.1, 0.15) is 30.5 Å². The predicted molar refractivity (Wildman–Crippen MR) is 119 cm³/mol. The number of hydrogen-bond acceptors (Lipinski definition) is 4. The lowest BCUT2D eigenvalue weighted by Crippen LogP contribution is -2.03. The highest BCUT2D eigenvalue weighted by molar-refractivity contribution is 6.42. The van der Waals surface area contributed by atoms with Crippen LogP contribution in [0, 0.1) is 0 Å². The van der Waals surface area contributed by atoms with Crippen LogP contribution in [0.25, 0.3) is 0 Å². The van der Waals surface area contributed by atoms with Crippen LogP contribution in [0.3, 0.4) is 0 Å². The Morgan fingerprint density at radius 3 is 1.50 bits per heavy atom. The average molecular weight is 486 g/mol. The number of carbonyl (C=O) groups is 1. The van der Waals surface area contributed by atoms with Gasteiger partial charge < -0.3 is 14.2 Å². The van der Waals surface area contributed by atoms with Gasteiger partial charge in [-0.2, -0.15) is 0 Å². The molecule has 0 saturated heterocycles. The summed E-state index contributed by atoms with van der Waals surface area (Å²) >= 11 is 24.0. The largest absolute Gasteiger partial charge is 0.489 e. The lowest BCUT2D eigenvalue weighted by Gasteiger charge is -2.13. The van der Waals surface area contributed by atoms with E-state index in [4.69, 9.17) is 60.6 Å². The first-order valence-electron chi connectivity index (χ1n) is 8.77. The van der Waals surface area contributed by atoms with Gasteiger partial charge in [0.05, 0.1) is 20.1 Å². The van der Waals surface area contributed by atoms with E-state index >= 15 is 0 Å². The first-order chi connectivity index (χ1) is 14.3. The third-order valence-corrected chi connectivity index (χ3v) is 5.37. The standard InChI is InChI=1S/C22H16Cl4O4/c1-13(27)30-18-9-16(28-11-14-2-4-19(23)21(25)6-14)8-17(10-18)29-12-15-3-5-20(24)22(26)7-15/h2-10H,11-12H2,1H3. The third kappa shape index (κ3) is 6.44. The van der Waals surface area contributed by atoms with Crippen LogP contribution in [0.5, 0.6) is 17.2 Å². The van der Waals surface area contributed by atoms with E-state index in [1.54, 1.807) is 42.5 Å². The number of carbonyl (C=O) groups excluding carboxylic acids is 1. The lowest BCUT2D eigenvalue weighted by molar-refractivity contribution is -0.131. The van der Waals surface area contributed by atoms with E-state index in [0.29, 0.717) is 37.3 Å². The number of halogens is 4. The highest BCUT2D eigenvalue weighted by Crippen LogP contribution is 2.30. The van der Waals surface area contributed by atoms with E-state index < -0.39 is 5.97 Å². The maximum atomic E-state index is 11.4. The molecule has 3 aromatic carbocycles. The van der Waals surface area contributed by atoms with Gasteiger partial charge in [-0.3, -0.25) is 4.79 Å². The molecule has 0 fully saturated rings. The average Bonchev–Trinajstić information content (AvgIpc) is 2.69. The molecule has 0 saturated carbocycles. The van der Waals surface area contributed by atoms with Gasteiger partial charge in [0.15, 0.2) is 0 Å². The minimum atomic E-state index is -0.452. The summed E-state index contributed by atoms with van der Waals surface area (Å²) in [4.78, 5) is 11.4. The monoisotopic (exact) mass is 484 g/mol. The quantitative estimate of drug-likeness (QED) is 0.258. The zero-order chi connectivity index (χ0) is 21.7. The molecule has 0 aliphatic heterocycles. The molecule has 3 rings (SSSR count). The molecule has 4 nitrogen and oxygen atoms in total. The molecule has 0 radical (unpaired) electrons. The minimum absolute atomic E-state index is 0.243. The Balaban J connectivity index is 1.75. The molecule has 0 unspecified atom stereocenters. The van der Waals surface area contributed by atoms with Crippen LogP contribution < -0.4 is 14.2 Å². The molecule has 3 aromatic rings. The van der Waals surface area contributed by atoms with Crippen molar-refractivity contribution in [3.05, 3.63) is 85.8 Å². The molecular formula is C22H16Cl4O4. The fraction of sp³-hybridized carbons (Fsp3) is 0.136. The summed E-state index contributed by atoms with van der Waals surface area (Å²) in [6, 6.07) is 15.4. The second-order valence-corrected chi connectivity index (χ2v) is 7.94. The van der Waals surface area contributed by atoms with E-state index in [-0.39, 0.29) is 13.2 Å². The smallest absolute Gasteiger partial charge is 0.308 e. The number of ether oxygens (including phenoxy) is 3. The van der Waals surface area contributed by atoms with Crippen LogP contribution in [0.4, 0.5) is 0 Å². The van der Waals surface area contributed by atoms with E-state index in [9.17, 15) is 4.79 Å². The van der Waals surface area contributed by atoms with Crippen molar-refractivity contribution >= 4 is 52.4 Å². The highest BCUT2D eigenvalue weighted by Gasteiger charge is 2.09. The summed E-state index contributed by atoms with van der Waals surface area (Å²) in [7, 11) is 0. The van der Waals surface area contributed by atoms with Crippen molar-refractivity contribution in [3.8, 4) is 17.2 Å². The number of benzene rings is 3. The van der Waals surface area contributed by atoms with Crippen molar-refractivity contribution in [2.24, 2.45) is 0 Å². The van der Waals surface area contributed by atoms with Gasteiger partial charge in [0.2, 0.25) is 0 Å². The topological polar surface area (TPSA) is 44.8 Å². The zero-order valence-corrected chi connectivity index (χ0v) is 18.8. The van der Waals surface area contributed by atoms with Crippen molar-refractivity contribution < 1.29 is 19.0 Å². The van der Waals surface area contributed by atoms with Crippen molar-refractivity contribution in [1.82, 2.24) is 0 Å². The van der Waals surface area contributed by atoms with E-state index in [0.717, 1.165) is 11.1 Å². The molecule has 30 heavy (non-hydrogen) atoms. The van der Waals surface area contributed by atoms with Crippen LogP contribution >= 0.6 is 46.4 Å². The number of hydrogen-bond donors (Lipinski definition) is 0. The fourth-order valence-electron chi connectivity index (χ4n) is 2.53. The summed E-state index contributed by atoms with van der Waals surface area (Å²) in [6.07, 6.45) is 0. The summed E-state index contributed by atoms with van der Waals surface area (Å²) < 4.78 is 16.8. The molecule has 0 atom stereocenters. The van der Waals surface area contributed by atoms with Gasteiger partial charge in [0, 0.05) is 25.1 Å². The third-order valence-electron chi connectivity index (χ3n) is 3.89. The fourth-order valence-corrected chi connectivity index (χ4v) is 3.17. The first kappa shape index (κ1) is 22.6. The summed E-state index contributed by atoms with van der Waals surface area (Å²) in [5, 5.41) is 1.82. The Bertz CT molecular complexity index is 995. The molecule has 0 amide bonds. The maximum absolute atomic E-state index is 11.4. The zero-order valence-electron chi connectivity index (χ0n) is 15.8. The van der Waals surface area contributed by atoms with E-state index in [1.807, 2.05) is 12.1 Å². The second kappa shape index (κ2) is 10.3. The molecule has 0 aliphatic carbocycles. The molecular weight excluding hydrogens is 470 g/mol. The van der Waals surface area contributed by atoms with E-state index in [2.05, 4.69) is 0 Å². The van der Waals surface area contributed by atoms with Crippen LogP contribution in [-0.2, 0) is 18.0 Å². The van der Waals surface area contributed by atoms with Gasteiger partial charge in [-0.15, -0.1) is 0 Å². The highest BCUT2D eigenvalue weighted by atomic mass is 35.5. The van der Waals surface area contributed by atoms with Crippen LogP contribution in [0.1, 0.15) is 18.1 Å². The van der Waals surface area contributed by atoms with Crippen molar-refractivity contribution in [2.75, 3.05) is 0 Å². The van der Waals surface area contributed by atoms with E-state index in [1.165, 1.54) is 6.92 Å². The molecule has 0 aliphatic rings. The van der Waals surface area contributed by atoms with Crippen LogP contribution in [0.15, 0.2) is 54.6 Å². The van der Waals surface area contributed by atoms with Crippen molar-refractivity contribution in [2.45, 2.75) is 20.1 Å². The Labute approximate surface area is 194 Å². The molecule has 156 valence electrons. The summed E-state index contributed by atoms with van der Waals surface area (Å²) in [5.74, 6) is 0.776. The molecule has 0 N–H and O–H groups in total. The first-order valence-corrected chi connectivity index (χ1v) is 10.3. The molecule has 0 heterocycles. The van der Waals surface area contributed by atoms with Gasteiger partial charge in [-0.25, -0.2) is 0 Å². The molecule has 0 spiro atoms. The molecule has 8 heteroatoms. The van der Waals surface area contributed by atoms with Gasteiger partial charge in [-0.05, 0) is 35.4 Å². The number of rotatable bonds is 7. The Kier molecular flexibility index (Phi) is 7.73. The lowest BCUT2D eigenvalue weighted by atomic mass is 10.2. The van der Waals surface area contributed by atoms with Crippen LogP contribution in [0.2, 0.25) is 20.1 Å². The SMILES string of the molecule is CC(=O)Oc1cc(OCc2ccc(Cl)c(Cl)c2)cc(OCc2ccc(Cl)c(Cl)c2)c1. The van der Waals surface area contributed by atoms with Crippen molar-refractivity contribution in [3.63, 3.8) is 0 Å². The Morgan fingerprint density at radius 1 is 0.667 bits per heavy atom. The Hall–Kier alpha value is -2.11. The van der Waals surface area contributed by atoms with Gasteiger partial charge in [-0.1, -0.05) is 58.5 Å². The minimum Gasteiger partial charge on any atom is -0.489 e. The van der Waals surface area contributed by atoms with Gasteiger partial charge >= 0.3 is 5.97 Å². The maximum Gasteiger partial charge on any atom is 0.308 e. The summed E-state index contributed by atoms with van der Waals surface area (Å²) in [6.45, 7) is 1.80. The molecule has 0 aromatic heterocycles. The Morgan fingerprint density at radius 2 is 1.10 bits per heavy atom.